The van der Waals surface area contributed by atoms with E-state index in [1.54, 1.807) is 0 Å². The number of hydrogen-bond donors (Lipinski definition) is 1. The van der Waals surface area contributed by atoms with E-state index in [1.165, 1.54) is 6.08 Å². The molecule has 1 amide bonds. The monoisotopic (exact) mass is 259 g/mol. The van der Waals surface area contributed by atoms with Crippen molar-refractivity contribution in [2.75, 3.05) is 13.2 Å². The van der Waals surface area contributed by atoms with Crippen LogP contribution in [0.4, 0.5) is 0 Å². The fraction of sp³-hybridized carbons (Fsp3) is 0.615. The summed E-state index contributed by atoms with van der Waals surface area (Å²) in [6, 6.07) is 0. The number of allylic oxidation sites excluding steroid dienone is 2. The van der Waals surface area contributed by atoms with Crippen LogP contribution in [-0.4, -0.2) is 19.1 Å². The van der Waals surface area contributed by atoms with Crippen molar-refractivity contribution >= 4 is 17.5 Å². The summed E-state index contributed by atoms with van der Waals surface area (Å²) < 4.78 is 5.46. The maximum absolute atomic E-state index is 11.5. The van der Waals surface area contributed by atoms with Gasteiger partial charge in [-0.15, -0.1) is 0 Å². The van der Waals surface area contributed by atoms with Crippen molar-refractivity contribution in [1.29, 1.82) is 0 Å². The van der Waals surface area contributed by atoms with Crippen molar-refractivity contribution in [3.05, 3.63) is 22.9 Å². The number of amides is 1. The van der Waals surface area contributed by atoms with E-state index in [4.69, 9.17) is 16.3 Å². The molecule has 0 radical (unpaired) electrons. The quantitative estimate of drug-likeness (QED) is 0.412. The van der Waals surface area contributed by atoms with Crippen LogP contribution in [-0.2, 0) is 9.53 Å². The van der Waals surface area contributed by atoms with Crippen LogP contribution in [0, 0.1) is 0 Å². The highest BCUT2D eigenvalue weighted by Gasteiger charge is 2.06. The first-order chi connectivity index (χ1) is 8.15. The predicted octanol–water partition coefficient (Wildman–Crippen LogP) is 3.36. The van der Waals surface area contributed by atoms with E-state index in [2.05, 4.69) is 5.32 Å². The van der Waals surface area contributed by atoms with Crippen LogP contribution in [0.1, 0.15) is 40.0 Å². The highest BCUT2D eigenvalue weighted by Crippen LogP contribution is 2.17. The Bertz CT molecular complexity index is 285. The number of rotatable bonds is 8. The van der Waals surface area contributed by atoms with Crippen molar-refractivity contribution in [2.45, 2.75) is 40.0 Å². The molecule has 0 fully saturated rings. The van der Waals surface area contributed by atoms with E-state index in [-0.39, 0.29) is 5.91 Å². The number of carbonyl (C=O) groups excluding carboxylic acids is 1. The van der Waals surface area contributed by atoms with Crippen molar-refractivity contribution in [3.63, 3.8) is 0 Å². The molecule has 4 heteroatoms. The Labute approximate surface area is 109 Å². The van der Waals surface area contributed by atoms with Gasteiger partial charge < -0.3 is 10.1 Å². The van der Waals surface area contributed by atoms with E-state index < -0.39 is 0 Å². The molecular weight excluding hydrogens is 238 g/mol. The minimum absolute atomic E-state index is 0.166. The third-order valence-electron chi connectivity index (χ3n) is 1.89. The standard InChI is InChI=1S/C13H22ClNO2/c1-4-7-11(14)12(17-9-6-3)10-13(16)15-8-5-2/h7,10H,4-6,8-9H2,1-3H3,(H,15,16)/b11-7+,12-10-. The Morgan fingerprint density at radius 3 is 2.53 bits per heavy atom. The molecule has 0 spiro atoms. The summed E-state index contributed by atoms with van der Waals surface area (Å²) in [5.41, 5.74) is 0. The third kappa shape index (κ3) is 7.86. The fourth-order valence-electron chi connectivity index (χ4n) is 1.09. The predicted molar refractivity (Wildman–Crippen MR) is 71.9 cm³/mol. The summed E-state index contributed by atoms with van der Waals surface area (Å²) in [5, 5.41) is 3.25. The van der Waals surface area contributed by atoms with Gasteiger partial charge >= 0.3 is 0 Å². The molecule has 0 aromatic heterocycles. The SMILES string of the molecule is CC/C=C(Cl)\C(=C\C(=O)NCCC)OCCC. The zero-order valence-corrected chi connectivity index (χ0v) is 11.6. The van der Waals surface area contributed by atoms with Gasteiger partial charge in [0.2, 0.25) is 5.91 Å². The van der Waals surface area contributed by atoms with Crippen LogP contribution in [0.15, 0.2) is 22.9 Å². The second kappa shape index (κ2) is 10.2. The van der Waals surface area contributed by atoms with Gasteiger partial charge in [-0.2, -0.15) is 0 Å². The Morgan fingerprint density at radius 2 is 2.00 bits per heavy atom. The molecule has 0 aromatic rings. The van der Waals surface area contributed by atoms with Crippen molar-refractivity contribution < 1.29 is 9.53 Å². The number of halogens is 1. The smallest absolute Gasteiger partial charge is 0.247 e. The molecule has 0 aliphatic rings. The fourth-order valence-corrected chi connectivity index (χ4v) is 1.35. The molecular formula is C13H22ClNO2. The lowest BCUT2D eigenvalue weighted by Gasteiger charge is -2.09. The molecule has 0 rings (SSSR count). The first-order valence-corrected chi connectivity index (χ1v) is 6.51. The first kappa shape index (κ1) is 16.0. The summed E-state index contributed by atoms with van der Waals surface area (Å²) in [7, 11) is 0. The van der Waals surface area contributed by atoms with Crippen LogP contribution in [0.5, 0.6) is 0 Å². The molecule has 0 bridgehead atoms. The Kier molecular flexibility index (Phi) is 9.63. The van der Waals surface area contributed by atoms with E-state index in [9.17, 15) is 4.79 Å². The molecule has 0 aliphatic carbocycles. The van der Waals surface area contributed by atoms with Gasteiger partial charge in [0.25, 0.3) is 0 Å². The van der Waals surface area contributed by atoms with Gasteiger partial charge in [-0.1, -0.05) is 38.4 Å². The van der Waals surface area contributed by atoms with Crippen LogP contribution in [0.2, 0.25) is 0 Å². The minimum atomic E-state index is -0.166. The highest BCUT2D eigenvalue weighted by molar-refractivity contribution is 6.32. The molecule has 98 valence electrons. The summed E-state index contributed by atoms with van der Waals surface area (Å²) in [6.07, 6.45) is 5.84. The lowest BCUT2D eigenvalue weighted by Crippen LogP contribution is -2.22. The molecule has 3 nitrogen and oxygen atoms in total. The molecule has 0 unspecified atom stereocenters. The molecule has 0 aromatic carbocycles. The van der Waals surface area contributed by atoms with Crippen LogP contribution in [0.25, 0.3) is 0 Å². The maximum Gasteiger partial charge on any atom is 0.247 e. The van der Waals surface area contributed by atoms with Crippen molar-refractivity contribution in [3.8, 4) is 0 Å². The molecule has 0 saturated carbocycles. The molecule has 0 saturated heterocycles. The summed E-state index contributed by atoms with van der Waals surface area (Å²) >= 11 is 6.05. The minimum Gasteiger partial charge on any atom is -0.492 e. The highest BCUT2D eigenvalue weighted by atomic mass is 35.5. The average Bonchev–Trinajstić information content (AvgIpc) is 2.32. The van der Waals surface area contributed by atoms with Crippen LogP contribution >= 0.6 is 11.6 Å². The van der Waals surface area contributed by atoms with Gasteiger partial charge in [-0.05, 0) is 19.3 Å². The Hall–Kier alpha value is -0.960. The van der Waals surface area contributed by atoms with Gasteiger partial charge in [0, 0.05) is 12.6 Å². The third-order valence-corrected chi connectivity index (χ3v) is 2.23. The van der Waals surface area contributed by atoms with Crippen molar-refractivity contribution in [2.24, 2.45) is 0 Å². The average molecular weight is 260 g/mol. The molecule has 17 heavy (non-hydrogen) atoms. The largest absolute Gasteiger partial charge is 0.492 e. The normalized spacial score (nSPS) is 12.5. The molecule has 0 atom stereocenters. The summed E-state index contributed by atoms with van der Waals surface area (Å²) in [6.45, 7) is 7.21. The van der Waals surface area contributed by atoms with Gasteiger partial charge in [-0.3, -0.25) is 4.79 Å². The van der Waals surface area contributed by atoms with Gasteiger partial charge in [0.15, 0.2) is 0 Å². The van der Waals surface area contributed by atoms with Crippen molar-refractivity contribution in [1.82, 2.24) is 5.32 Å². The van der Waals surface area contributed by atoms with E-state index in [0.717, 1.165) is 19.3 Å². The molecule has 0 aliphatic heterocycles. The van der Waals surface area contributed by atoms with Gasteiger partial charge in [0.1, 0.15) is 5.76 Å². The number of carbonyl (C=O) groups is 1. The topological polar surface area (TPSA) is 38.3 Å². The second-order valence-corrected chi connectivity index (χ2v) is 4.02. The second-order valence-electron chi connectivity index (χ2n) is 3.61. The maximum atomic E-state index is 11.5. The van der Waals surface area contributed by atoms with E-state index >= 15 is 0 Å². The zero-order valence-electron chi connectivity index (χ0n) is 10.9. The lowest BCUT2D eigenvalue weighted by atomic mass is 10.3. The number of ether oxygens (including phenoxy) is 1. The number of nitrogens with one attached hydrogen (secondary N) is 1. The van der Waals surface area contributed by atoms with E-state index in [0.29, 0.717) is 23.9 Å². The Balaban J connectivity index is 4.59. The zero-order chi connectivity index (χ0) is 13.1. The first-order valence-electron chi connectivity index (χ1n) is 6.14. The van der Waals surface area contributed by atoms with Gasteiger partial charge in [-0.25, -0.2) is 0 Å². The summed E-state index contributed by atoms with van der Waals surface area (Å²) in [5.74, 6) is 0.282. The van der Waals surface area contributed by atoms with Gasteiger partial charge in [0.05, 0.1) is 11.6 Å². The summed E-state index contributed by atoms with van der Waals surface area (Å²) in [4.78, 5) is 11.5. The van der Waals surface area contributed by atoms with Crippen LogP contribution in [0.3, 0.4) is 0 Å². The van der Waals surface area contributed by atoms with Crippen LogP contribution < -0.4 is 5.32 Å². The lowest BCUT2D eigenvalue weighted by molar-refractivity contribution is -0.116. The van der Waals surface area contributed by atoms with E-state index in [1.807, 2.05) is 26.8 Å². The molecule has 1 N–H and O–H groups in total. The molecule has 0 heterocycles. The number of hydrogen-bond acceptors (Lipinski definition) is 2. The Morgan fingerprint density at radius 1 is 1.29 bits per heavy atom.